The summed E-state index contributed by atoms with van der Waals surface area (Å²) in [5.41, 5.74) is 3.85. The lowest BCUT2D eigenvalue weighted by molar-refractivity contribution is 0.0871. The first-order valence-corrected chi connectivity index (χ1v) is 10.3. The van der Waals surface area contributed by atoms with E-state index in [0.717, 1.165) is 22.0 Å². The number of benzene rings is 2. The minimum Gasteiger partial charge on any atom is -0.493 e. The molecule has 1 atom stereocenters. The molecule has 0 fully saturated rings. The lowest BCUT2D eigenvalue weighted by atomic mass is 9.95. The maximum atomic E-state index is 13.5. The number of aryl methyl sites for hydroxylation is 1. The highest BCUT2D eigenvalue weighted by atomic mass is 16.5. The molecule has 3 rings (SSSR count). The number of rotatable bonds is 10. The number of aliphatic hydroxyl groups excluding tert-OH is 2. The number of ether oxygens (including phenoxy) is 3. The molecule has 1 aromatic heterocycles. The van der Waals surface area contributed by atoms with Gasteiger partial charge in [0.1, 0.15) is 0 Å². The van der Waals surface area contributed by atoms with Gasteiger partial charge in [-0.2, -0.15) is 0 Å². The van der Waals surface area contributed by atoms with Gasteiger partial charge in [-0.3, -0.25) is 4.79 Å². The van der Waals surface area contributed by atoms with Crippen LogP contribution in [0.25, 0.3) is 17.0 Å². The molecule has 170 valence electrons. The summed E-state index contributed by atoms with van der Waals surface area (Å²) in [7, 11) is 4.49. The minimum atomic E-state index is -0.906. The second-order valence-electron chi connectivity index (χ2n) is 7.58. The van der Waals surface area contributed by atoms with Crippen LogP contribution in [0.4, 0.5) is 0 Å². The Morgan fingerprint density at radius 2 is 1.78 bits per heavy atom. The summed E-state index contributed by atoms with van der Waals surface area (Å²) >= 11 is 0. The summed E-state index contributed by atoms with van der Waals surface area (Å²) in [4.78, 5) is 16.8. The van der Waals surface area contributed by atoms with Gasteiger partial charge in [-0.05, 0) is 49.6 Å². The van der Waals surface area contributed by atoms with Crippen molar-refractivity contribution in [3.8, 4) is 17.2 Å². The summed E-state index contributed by atoms with van der Waals surface area (Å²) in [5.74, 6) is 0.940. The van der Waals surface area contributed by atoms with Crippen LogP contribution in [0, 0.1) is 6.92 Å². The Labute approximate surface area is 187 Å². The Balaban J connectivity index is 2.07. The zero-order chi connectivity index (χ0) is 23.3. The number of Topliss-reactive ketones (excluding diaryl/α,β-unsaturated/α-hetero) is 1. The van der Waals surface area contributed by atoms with Crippen LogP contribution in [0.2, 0.25) is 0 Å². The van der Waals surface area contributed by atoms with Gasteiger partial charge in [0.25, 0.3) is 0 Å². The van der Waals surface area contributed by atoms with Crippen LogP contribution in [0.5, 0.6) is 17.2 Å². The van der Waals surface area contributed by atoms with Crippen LogP contribution in [-0.2, 0) is 0 Å². The van der Waals surface area contributed by atoms with E-state index in [4.69, 9.17) is 14.2 Å². The highest BCUT2D eigenvalue weighted by molar-refractivity contribution is 6.12. The van der Waals surface area contributed by atoms with E-state index in [-0.39, 0.29) is 25.2 Å². The predicted octanol–water partition coefficient (Wildman–Crippen LogP) is 3.90. The van der Waals surface area contributed by atoms with Gasteiger partial charge in [-0.15, -0.1) is 0 Å². The number of methoxy groups -OCH3 is 3. The number of nitrogens with one attached hydrogen (secondary N) is 1. The van der Waals surface area contributed by atoms with Crippen LogP contribution in [0.3, 0.4) is 0 Å². The Hall–Kier alpha value is -3.29. The quantitative estimate of drug-likeness (QED) is 0.327. The molecule has 0 bridgehead atoms. The lowest BCUT2D eigenvalue weighted by Gasteiger charge is -2.15. The van der Waals surface area contributed by atoms with Crippen LogP contribution >= 0.6 is 0 Å². The average Bonchev–Trinajstić information content (AvgIpc) is 3.21. The largest absolute Gasteiger partial charge is 0.493 e. The topological polar surface area (TPSA) is 101 Å². The summed E-state index contributed by atoms with van der Waals surface area (Å²) in [5, 5.41) is 20.1. The maximum Gasteiger partial charge on any atom is 0.203 e. The molecule has 3 aromatic rings. The summed E-state index contributed by atoms with van der Waals surface area (Å²) in [6.07, 6.45) is 3.31. The van der Waals surface area contributed by atoms with Crippen LogP contribution in [-0.4, -0.2) is 55.0 Å². The third-order valence-corrected chi connectivity index (χ3v) is 5.38. The molecular weight excluding hydrogens is 410 g/mol. The zero-order valence-electron chi connectivity index (χ0n) is 18.8. The van der Waals surface area contributed by atoms with Gasteiger partial charge >= 0.3 is 0 Å². The van der Waals surface area contributed by atoms with Crippen molar-refractivity contribution < 1.29 is 29.2 Å². The number of hydrogen-bond acceptors (Lipinski definition) is 6. The molecule has 1 unspecified atom stereocenters. The molecule has 0 spiro atoms. The van der Waals surface area contributed by atoms with Crippen molar-refractivity contribution >= 4 is 22.8 Å². The number of carbonyl (C=O) groups excluding carboxylic acids is 1. The normalized spacial score (nSPS) is 12.6. The number of H-pyrrole nitrogens is 1. The first-order valence-electron chi connectivity index (χ1n) is 10.3. The number of aromatic nitrogens is 1. The number of aliphatic hydroxyl groups is 2. The van der Waals surface area contributed by atoms with Gasteiger partial charge in [-0.25, -0.2) is 0 Å². The fourth-order valence-electron chi connectivity index (χ4n) is 3.63. The highest BCUT2D eigenvalue weighted by Gasteiger charge is 2.20. The Kier molecular flexibility index (Phi) is 7.56. The molecule has 0 radical (unpaired) electrons. The van der Waals surface area contributed by atoms with Crippen LogP contribution in [0.1, 0.15) is 34.3 Å². The molecule has 32 heavy (non-hydrogen) atoms. The second-order valence-corrected chi connectivity index (χ2v) is 7.58. The maximum absolute atomic E-state index is 13.5. The molecule has 0 aliphatic carbocycles. The summed E-state index contributed by atoms with van der Waals surface area (Å²) < 4.78 is 16.1. The van der Waals surface area contributed by atoms with E-state index >= 15 is 0 Å². The fraction of sp³-hybridized carbons (Fsp3) is 0.320. The molecule has 0 saturated heterocycles. The van der Waals surface area contributed by atoms with E-state index < -0.39 is 6.10 Å². The van der Waals surface area contributed by atoms with Crippen molar-refractivity contribution in [1.29, 1.82) is 0 Å². The summed E-state index contributed by atoms with van der Waals surface area (Å²) in [6.45, 7) is 1.66. The molecule has 7 nitrogen and oxygen atoms in total. The van der Waals surface area contributed by atoms with E-state index in [1.54, 1.807) is 12.1 Å². The molecule has 1 heterocycles. The number of carbonyl (C=O) groups is 1. The average molecular weight is 440 g/mol. The molecular formula is C25H29NO6. The van der Waals surface area contributed by atoms with E-state index in [9.17, 15) is 15.0 Å². The first-order chi connectivity index (χ1) is 15.4. The molecule has 2 aromatic carbocycles. The molecule has 0 aliphatic rings. The van der Waals surface area contributed by atoms with Crippen molar-refractivity contribution in [3.05, 3.63) is 58.8 Å². The Morgan fingerprint density at radius 1 is 1.09 bits per heavy atom. The SMILES string of the molecule is COc1cc(C(=O)/C(=C/c2c[nH]c3cc(C)ccc23)CCC(O)CO)cc(OC)c1OC. The van der Waals surface area contributed by atoms with E-state index in [1.165, 1.54) is 21.3 Å². The Morgan fingerprint density at radius 3 is 2.38 bits per heavy atom. The second kappa shape index (κ2) is 10.3. The van der Waals surface area contributed by atoms with E-state index in [1.807, 2.05) is 37.4 Å². The lowest BCUT2D eigenvalue weighted by Crippen LogP contribution is -2.14. The third kappa shape index (κ3) is 4.95. The summed E-state index contributed by atoms with van der Waals surface area (Å²) in [6, 6.07) is 9.29. The zero-order valence-corrected chi connectivity index (χ0v) is 18.8. The van der Waals surface area contributed by atoms with Gasteiger partial charge in [0, 0.05) is 33.8 Å². The van der Waals surface area contributed by atoms with Crippen molar-refractivity contribution in [2.45, 2.75) is 25.9 Å². The molecule has 3 N–H and O–H groups in total. The highest BCUT2D eigenvalue weighted by Crippen LogP contribution is 2.39. The van der Waals surface area contributed by atoms with Gasteiger partial charge in [0.15, 0.2) is 17.3 Å². The number of hydrogen-bond donors (Lipinski definition) is 3. The molecule has 0 saturated carbocycles. The van der Waals surface area contributed by atoms with Gasteiger partial charge in [0.2, 0.25) is 5.75 Å². The monoisotopic (exact) mass is 439 g/mol. The first kappa shape index (κ1) is 23.4. The number of fused-ring (bicyclic) bond motifs is 1. The minimum absolute atomic E-state index is 0.226. The van der Waals surface area contributed by atoms with Crippen molar-refractivity contribution in [2.24, 2.45) is 0 Å². The van der Waals surface area contributed by atoms with Crippen LogP contribution < -0.4 is 14.2 Å². The van der Waals surface area contributed by atoms with Crippen molar-refractivity contribution in [2.75, 3.05) is 27.9 Å². The van der Waals surface area contributed by atoms with Gasteiger partial charge in [-0.1, -0.05) is 12.1 Å². The van der Waals surface area contributed by atoms with E-state index in [0.29, 0.717) is 28.4 Å². The molecule has 7 heteroatoms. The third-order valence-electron chi connectivity index (χ3n) is 5.38. The number of aromatic amines is 1. The number of allylic oxidation sites excluding steroid dienone is 1. The van der Waals surface area contributed by atoms with Crippen molar-refractivity contribution in [3.63, 3.8) is 0 Å². The van der Waals surface area contributed by atoms with Crippen molar-refractivity contribution in [1.82, 2.24) is 4.98 Å². The smallest absolute Gasteiger partial charge is 0.203 e. The van der Waals surface area contributed by atoms with E-state index in [2.05, 4.69) is 4.98 Å². The van der Waals surface area contributed by atoms with Gasteiger partial charge in [0.05, 0.1) is 34.0 Å². The predicted molar refractivity (Wildman–Crippen MR) is 124 cm³/mol. The molecule has 0 aliphatic heterocycles. The standard InChI is InChI=1S/C25H29NO6/c1-15-5-8-20-18(13-26-21(20)9-15)10-16(6-7-19(28)14-27)24(29)17-11-22(30-2)25(32-4)23(12-17)31-3/h5,8-13,19,26-28H,6-7,14H2,1-4H3/b16-10+. The molecule has 0 amide bonds. The number of ketones is 1. The Bertz CT molecular complexity index is 1110. The van der Waals surface area contributed by atoms with Crippen LogP contribution in [0.15, 0.2) is 42.1 Å². The fourth-order valence-corrected chi connectivity index (χ4v) is 3.63. The van der Waals surface area contributed by atoms with Gasteiger partial charge < -0.3 is 29.4 Å².